The third-order valence-corrected chi connectivity index (χ3v) is 4.71. The van der Waals surface area contributed by atoms with Crippen LogP contribution in [0.2, 0.25) is 10.3 Å². The highest BCUT2D eigenvalue weighted by molar-refractivity contribution is 6.31. The standard InChI is InChI=1S/C16H22Cl2N2O/c1-4-10(3)6-12(14-9-21-14)7-11(5-2)13-8-15(17)19-20-16(13)18/h4,8,10-12,14H,1,5-7,9H2,2-3H3. The zero-order valence-electron chi connectivity index (χ0n) is 12.6. The van der Waals surface area contributed by atoms with Gasteiger partial charge in [0.2, 0.25) is 0 Å². The second-order valence-corrected chi connectivity index (χ2v) is 6.58. The van der Waals surface area contributed by atoms with Gasteiger partial charge in [-0.2, -0.15) is 0 Å². The van der Waals surface area contributed by atoms with Crippen molar-refractivity contribution in [1.29, 1.82) is 0 Å². The number of aromatic nitrogens is 2. The molecule has 0 bridgehead atoms. The van der Waals surface area contributed by atoms with Gasteiger partial charge < -0.3 is 4.74 Å². The Balaban J connectivity index is 2.12. The van der Waals surface area contributed by atoms with Crippen LogP contribution >= 0.6 is 23.2 Å². The predicted octanol–water partition coefficient (Wildman–Crippen LogP) is 4.89. The third-order valence-electron chi connectivity index (χ3n) is 4.23. The van der Waals surface area contributed by atoms with Gasteiger partial charge in [-0.05, 0) is 48.6 Å². The monoisotopic (exact) mass is 328 g/mol. The molecule has 0 aromatic carbocycles. The maximum absolute atomic E-state index is 6.20. The Kier molecular flexibility index (Phi) is 6.03. The van der Waals surface area contributed by atoms with E-state index in [0.717, 1.165) is 31.4 Å². The minimum Gasteiger partial charge on any atom is -0.373 e. The van der Waals surface area contributed by atoms with Gasteiger partial charge in [-0.3, -0.25) is 0 Å². The Morgan fingerprint density at radius 2 is 2.14 bits per heavy atom. The number of halogens is 2. The van der Waals surface area contributed by atoms with Crippen LogP contribution in [-0.4, -0.2) is 22.9 Å². The molecule has 1 saturated heterocycles. The predicted molar refractivity (Wildman–Crippen MR) is 86.9 cm³/mol. The summed E-state index contributed by atoms with van der Waals surface area (Å²) in [5.74, 6) is 1.34. The summed E-state index contributed by atoms with van der Waals surface area (Å²) in [6, 6.07) is 1.84. The summed E-state index contributed by atoms with van der Waals surface area (Å²) < 4.78 is 5.53. The first-order chi connectivity index (χ1) is 10.0. The molecule has 0 amide bonds. The molecule has 5 heteroatoms. The molecule has 0 radical (unpaired) electrons. The van der Waals surface area contributed by atoms with Crippen LogP contribution in [0.1, 0.15) is 44.6 Å². The maximum atomic E-state index is 6.20. The Bertz CT molecular complexity index is 491. The van der Waals surface area contributed by atoms with Gasteiger partial charge in [0.25, 0.3) is 0 Å². The number of epoxide rings is 1. The fourth-order valence-electron chi connectivity index (χ4n) is 2.83. The van der Waals surface area contributed by atoms with Crippen LogP contribution in [0.25, 0.3) is 0 Å². The molecular formula is C16H22Cl2N2O. The second-order valence-electron chi connectivity index (χ2n) is 5.83. The van der Waals surface area contributed by atoms with Crippen molar-refractivity contribution in [2.45, 2.75) is 45.1 Å². The molecule has 4 atom stereocenters. The molecule has 1 aliphatic heterocycles. The lowest BCUT2D eigenvalue weighted by molar-refractivity contribution is 0.272. The van der Waals surface area contributed by atoms with E-state index in [1.54, 1.807) is 0 Å². The molecule has 1 aliphatic rings. The highest BCUT2D eigenvalue weighted by Gasteiger charge is 2.35. The number of rotatable bonds is 8. The van der Waals surface area contributed by atoms with Gasteiger partial charge in [0.1, 0.15) is 0 Å². The summed E-state index contributed by atoms with van der Waals surface area (Å²) in [5.41, 5.74) is 0.996. The first kappa shape index (κ1) is 16.7. The lowest BCUT2D eigenvalue weighted by Crippen LogP contribution is -2.16. The summed E-state index contributed by atoms with van der Waals surface area (Å²) in [6.45, 7) is 9.11. The van der Waals surface area contributed by atoms with Gasteiger partial charge in [0, 0.05) is 0 Å². The lowest BCUT2D eigenvalue weighted by atomic mass is 9.82. The second kappa shape index (κ2) is 7.57. The van der Waals surface area contributed by atoms with E-state index >= 15 is 0 Å². The van der Waals surface area contributed by atoms with Crippen molar-refractivity contribution in [3.63, 3.8) is 0 Å². The summed E-state index contributed by atoms with van der Waals surface area (Å²) >= 11 is 12.2. The quantitative estimate of drug-likeness (QED) is 0.503. The smallest absolute Gasteiger partial charge is 0.155 e. The van der Waals surface area contributed by atoms with E-state index in [4.69, 9.17) is 27.9 Å². The topological polar surface area (TPSA) is 38.3 Å². The third kappa shape index (κ3) is 4.67. The Hall–Kier alpha value is -0.640. The van der Waals surface area contributed by atoms with Crippen LogP contribution in [0.15, 0.2) is 18.7 Å². The number of ether oxygens (including phenoxy) is 1. The molecule has 0 saturated carbocycles. The Morgan fingerprint density at radius 1 is 1.43 bits per heavy atom. The van der Waals surface area contributed by atoms with Crippen LogP contribution in [0.3, 0.4) is 0 Å². The molecule has 0 aliphatic carbocycles. The number of hydrogen-bond acceptors (Lipinski definition) is 3. The SMILES string of the molecule is C=CC(C)CC(CC(CC)c1cc(Cl)nnc1Cl)C1CO1. The molecule has 1 aromatic rings. The van der Waals surface area contributed by atoms with E-state index in [9.17, 15) is 0 Å². The van der Waals surface area contributed by atoms with Crippen LogP contribution in [-0.2, 0) is 4.74 Å². The number of hydrogen-bond donors (Lipinski definition) is 0. The Labute approximate surface area is 136 Å². The summed E-state index contributed by atoms with van der Waals surface area (Å²) in [6.07, 6.45) is 5.50. The van der Waals surface area contributed by atoms with Gasteiger partial charge >= 0.3 is 0 Å². The molecule has 2 heterocycles. The zero-order valence-corrected chi connectivity index (χ0v) is 14.1. The van der Waals surface area contributed by atoms with E-state index in [0.29, 0.717) is 34.2 Å². The van der Waals surface area contributed by atoms with E-state index in [-0.39, 0.29) is 0 Å². The summed E-state index contributed by atoms with van der Waals surface area (Å²) in [4.78, 5) is 0. The van der Waals surface area contributed by atoms with Crippen molar-refractivity contribution in [2.24, 2.45) is 11.8 Å². The molecule has 0 spiro atoms. The van der Waals surface area contributed by atoms with Crippen molar-refractivity contribution >= 4 is 23.2 Å². The van der Waals surface area contributed by atoms with Crippen molar-refractivity contribution in [3.8, 4) is 0 Å². The van der Waals surface area contributed by atoms with Crippen LogP contribution in [0.5, 0.6) is 0 Å². The van der Waals surface area contributed by atoms with Crippen molar-refractivity contribution in [3.05, 3.63) is 34.6 Å². The lowest BCUT2D eigenvalue weighted by Gasteiger charge is -2.23. The molecule has 1 aromatic heterocycles. The fourth-order valence-corrected chi connectivity index (χ4v) is 3.23. The largest absolute Gasteiger partial charge is 0.373 e. The zero-order chi connectivity index (χ0) is 15.4. The van der Waals surface area contributed by atoms with Gasteiger partial charge in [0.15, 0.2) is 10.3 Å². The van der Waals surface area contributed by atoms with Gasteiger partial charge in [0.05, 0.1) is 12.7 Å². The van der Waals surface area contributed by atoms with Gasteiger partial charge in [-0.25, -0.2) is 0 Å². The van der Waals surface area contributed by atoms with Crippen LogP contribution in [0.4, 0.5) is 0 Å². The fraction of sp³-hybridized carbons (Fsp3) is 0.625. The molecule has 4 unspecified atom stereocenters. The van der Waals surface area contributed by atoms with E-state index in [1.807, 2.05) is 12.1 Å². The summed E-state index contributed by atoms with van der Waals surface area (Å²) in [5, 5.41) is 8.57. The van der Waals surface area contributed by atoms with Gasteiger partial charge in [-0.1, -0.05) is 43.1 Å². The normalized spacial score (nSPS) is 21.6. The molecule has 2 rings (SSSR count). The average molecular weight is 329 g/mol. The molecule has 0 N–H and O–H groups in total. The minimum atomic E-state index is 0.330. The van der Waals surface area contributed by atoms with E-state index in [1.165, 1.54) is 0 Å². The average Bonchev–Trinajstić information content (AvgIpc) is 3.30. The first-order valence-electron chi connectivity index (χ1n) is 7.47. The summed E-state index contributed by atoms with van der Waals surface area (Å²) in [7, 11) is 0. The van der Waals surface area contributed by atoms with Crippen molar-refractivity contribution in [2.75, 3.05) is 6.61 Å². The van der Waals surface area contributed by atoms with Crippen LogP contribution < -0.4 is 0 Å². The number of allylic oxidation sites excluding steroid dienone is 1. The highest BCUT2D eigenvalue weighted by atomic mass is 35.5. The Morgan fingerprint density at radius 3 is 2.71 bits per heavy atom. The van der Waals surface area contributed by atoms with E-state index < -0.39 is 0 Å². The maximum Gasteiger partial charge on any atom is 0.155 e. The van der Waals surface area contributed by atoms with Crippen LogP contribution in [0, 0.1) is 11.8 Å². The van der Waals surface area contributed by atoms with Crippen molar-refractivity contribution in [1.82, 2.24) is 10.2 Å². The highest BCUT2D eigenvalue weighted by Crippen LogP contribution is 2.38. The van der Waals surface area contributed by atoms with Crippen molar-refractivity contribution < 1.29 is 4.74 Å². The minimum absolute atomic E-state index is 0.330. The molecule has 3 nitrogen and oxygen atoms in total. The molecule has 1 fully saturated rings. The van der Waals surface area contributed by atoms with E-state index in [2.05, 4.69) is 30.6 Å². The van der Waals surface area contributed by atoms with Gasteiger partial charge in [-0.15, -0.1) is 16.8 Å². The number of nitrogens with zero attached hydrogens (tertiary/aromatic N) is 2. The molecule has 21 heavy (non-hydrogen) atoms. The molecule has 116 valence electrons. The molecular weight excluding hydrogens is 307 g/mol. The first-order valence-corrected chi connectivity index (χ1v) is 8.23.